The number of halogens is 2. The molecule has 3 N–H and O–H groups in total. The molecule has 0 radical (unpaired) electrons. The summed E-state index contributed by atoms with van der Waals surface area (Å²) in [5.41, 5.74) is 6.62. The van der Waals surface area contributed by atoms with Gasteiger partial charge in [0.05, 0.1) is 12.1 Å². The molecule has 1 aromatic carbocycles. The van der Waals surface area contributed by atoms with E-state index in [4.69, 9.17) is 10.8 Å². The van der Waals surface area contributed by atoms with Crippen LogP contribution in [0.2, 0.25) is 0 Å². The monoisotopic (exact) mass is 217 g/mol. The molecule has 0 amide bonds. The van der Waals surface area contributed by atoms with Crippen molar-refractivity contribution in [2.75, 3.05) is 6.61 Å². The number of nitrogens with two attached hydrogens (primary N) is 1. The molecule has 0 spiro atoms. The Balaban J connectivity index is 0.000000980. The number of rotatable bonds is 1. The highest BCUT2D eigenvalue weighted by Gasteiger charge is 2.35. The summed E-state index contributed by atoms with van der Waals surface area (Å²) < 4.78 is 13.2. The van der Waals surface area contributed by atoms with Crippen LogP contribution in [0.5, 0.6) is 0 Å². The number of aliphatic hydroxyl groups excluding tert-OH is 1. The van der Waals surface area contributed by atoms with Crippen LogP contribution in [0.4, 0.5) is 4.39 Å². The second-order valence-electron chi connectivity index (χ2n) is 3.58. The van der Waals surface area contributed by atoms with Crippen LogP contribution in [0.3, 0.4) is 0 Å². The van der Waals surface area contributed by atoms with Crippen molar-refractivity contribution in [3.63, 3.8) is 0 Å². The first-order valence-corrected chi connectivity index (χ1v) is 4.35. The molecule has 1 atom stereocenters. The van der Waals surface area contributed by atoms with Crippen LogP contribution >= 0.6 is 12.4 Å². The predicted molar refractivity (Wildman–Crippen MR) is 54.9 cm³/mol. The van der Waals surface area contributed by atoms with Crippen LogP contribution in [0.1, 0.15) is 17.5 Å². The van der Waals surface area contributed by atoms with E-state index in [1.807, 2.05) is 0 Å². The minimum absolute atomic E-state index is 0. The van der Waals surface area contributed by atoms with E-state index in [9.17, 15) is 4.39 Å². The van der Waals surface area contributed by atoms with Gasteiger partial charge in [-0.1, -0.05) is 12.1 Å². The molecule has 1 aromatic rings. The molecule has 0 aliphatic heterocycles. The average molecular weight is 218 g/mol. The lowest BCUT2D eigenvalue weighted by Crippen LogP contribution is -2.38. The Morgan fingerprint density at radius 2 is 2.21 bits per heavy atom. The molecular formula is C10H13ClFNO. The number of hydrogen-bond donors (Lipinski definition) is 2. The maximum atomic E-state index is 13.2. The Hall–Kier alpha value is -0.640. The molecule has 2 rings (SSSR count). The van der Waals surface area contributed by atoms with Gasteiger partial charge in [-0.3, -0.25) is 0 Å². The van der Waals surface area contributed by atoms with Gasteiger partial charge in [0.15, 0.2) is 0 Å². The number of benzene rings is 1. The normalized spacial score (nSPS) is 24.2. The van der Waals surface area contributed by atoms with Gasteiger partial charge in [0.25, 0.3) is 0 Å². The highest BCUT2D eigenvalue weighted by atomic mass is 35.5. The summed E-state index contributed by atoms with van der Waals surface area (Å²) in [5.74, 6) is -0.210. The average Bonchev–Trinajstić information content (AvgIpc) is 2.47. The molecule has 0 fully saturated rings. The van der Waals surface area contributed by atoms with E-state index in [-0.39, 0.29) is 24.8 Å². The summed E-state index contributed by atoms with van der Waals surface area (Å²) in [7, 11) is 0. The van der Waals surface area contributed by atoms with Gasteiger partial charge < -0.3 is 10.8 Å². The zero-order valence-electron chi connectivity index (χ0n) is 7.66. The van der Waals surface area contributed by atoms with Gasteiger partial charge in [-0.25, -0.2) is 4.39 Å². The summed E-state index contributed by atoms with van der Waals surface area (Å²) >= 11 is 0. The van der Waals surface area contributed by atoms with Crippen molar-refractivity contribution in [1.82, 2.24) is 0 Å². The first-order valence-electron chi connectivity index (χ1n) is 4.35. The van der Waals surface area contributed by atoms with Crippen LogP contribution < -0.4 is 5.73 Å². The summed E-state index contributed by atoms with van der Waals surface area (Å²) in [6.07, 6.45) is 1.25. The molecule has 1 unspecified atom stereocenters. The molecule has 1 aliphatic carbocycles. The lowest BCUT2D eigenvalue weighted by atomic mass is 9.94. The van der Waals surface area contributed by atoms with E-state index in [1.54, 1.807) is 12.1 Å². The molecule has 78 valence electrons. The molecule has 1 aliphatic rings. The van der Waals surface area contributed by atoms with Crippen LogP contribution in [0, 0.1) is 5.82 Å². The van der Waals surface area contributed by atoms with Crippen molar-refractivity contribution in [1.29, 1.82) is 0 Å². The Morgan fingerprint density at radius 3 is 2.86 bits per heavy atom. The van der Waals surface area contributed by atoms with Gasteiger partial charge in [0.1, 0.15) is 5.82 Å². The zero-order chi connectivity index (χ0) is 9.47. The highest BCUT2D eigenvalue weighted by molar-refractivity contribution is 5.85. The van der Waals surface area contributed by atoms with Crippen LogP contribution in [0.15, 0.2) is 18.2 Å². The summed E-state index contributed by atoms with van der Waals surface area (Å²) in [6, 6.07) is 4.86. The molecular weight excluding hydrogens is 205 g/mol. The quantitative estimate of drug-likeness (QED) is 0.746. The Morgan fingerprint density at radius 1 is 1.50 bits per heavy atom. The van der Waals surface area contributed by atoms with E-state index >= 15 is 0 Å². The maximum absolute atomic E-state index is 13.2. The highest BCUT2D eigenvalue weighted by Crippen LogP contribution is 2.35. The van der Waals surface area contributed by atoms with Gasteiger partial charge in [-0.15, -0.1) is 12.4 Å². The number of hydrogen-bond acceptors (Lipinski definition) is 2. The third kappa shape index (κ3) is 1.52. The summed E-state index contributed by atoms with van der Waals surface area (Å²) in [6.45, 7) is -0.122. The fraction of sp³-hybridized carbons (Fsp3) is 0.400. The Bertz CT molecular complexity index is 345. The summed E-state index contributed by atoms with van der Waals surface area (Å²) in [4.78, 5) is 0. The van der Waals surface area contributed by atoms with Crippen molar-refractivity contribution in [3.05, 3.63) is 35.1 Å². The van der Waals surface area contributed by atoms with E-state index in [0.29, 0.717) is 18.4 Å². The molecule has 0 bridgehead atoms. The van der Waals surface area contributed by atoms with E-state index < -0.39 is 5.54 Å². The van der Waals surface area contributed by atoms with E-state index in [0.717, 1.165) is 5.56 Å². The van der Waals surface area contributed by atoms with Gasteiger partial charge in [-0.05, 0) is 30.0 Å². The van der Waals surface area contributed by atoms with Gasteiger partial charge >= 0.3 is 0 Å². The molecule has 4 heteroatoms. The van der Waals surface area contributed by atoms with Crippen LogP contribution in [0.25, 0.3) is 0 Å². The second-order valence-corrected chi connectivity index (χ2v) is 3.58. The predicted octanol–water partition coefficient (Wildman–Crippen LogP) is 1.34. The van der Waals surface area contributed by atoms with E-state index in [1.165, 1.54) is 6.07 Å². The van der Waals surface area contributed by atoms with Crippen molar-refractivity contribution in [2.24, 2.45) is 5.73 Å². The third-order valence-corrected chi connectivity index (χ3v) is 2.76. The second kappa shape index (κ2) is 3.85. The topological polar surface area (TPSA) is 46.2 Å². The first kappa shape index (κ1) is 11.4. The number of aliphatic hydroxyl groups is 1. The standard InChI is InChI=1S/C10H12FNO.ClH/c11-9-3-1-2-8-7(9)4-5-10(8,12)6-13;/h1-3,13H,4-6,12H2;1H. The fourth-order valence-corrected chi connectivity index (χ4v) is 1.93. The Labute approximate surface area is 88.3 Å². The van der Waals surface area contributed by atoms with Gasteiger partial charge in [0, 0.05) is 0 Å². The summed E-state index contributed by atoms with van der Waals surface area (Å²) in [5, 5.41) is 9.12. The van der Waals surface area contributed by atoms with Crippen LogP contribution in [-0.2, 0) is 12.0 Å². The van der Waals surface area contributed by atoms with Gasteiger partial charge in [0.2, 0.25) is 0 Å². The molecule has 2 nitrogen and oxygen atoms in total. The fourth-order valence-electron chi connectivity index (χ4n) is 1.93. The molecule has 14 heavy (non-hydrogen) atoms. The molecule has 0 saturated carbocycles. The third-order valence-electron chi connectivity index (χ3n) is 2.76. The van der Waals surface area contributed by atoms with Crippen molar-refractivity contribution in [3.8, 4) is 0 Å². The van der Waals surface area contributed by atoms with E-state index in [2.05, 4.69) is 0 Å². The largest absolute Gasteiger partial charge is 0.394 e. The minimum Gasteiger partial charge on any atom is -0.394 e. The lowest BCUT2D eigenvalue weighted by molar-refractivity contribution is 0.197. The first-order chi connectivity index (χ1) is 6.17. The lowest BCUT2D eigenvalue weighted by Gasteiger charge is -2.21. The molecule has 0 saturated heterocycles. The molecule has 0 heterocycles. The zero-order valence-corrected chi connectivity index (χ0v) is 8.48. The minimum atomic E-state index is -0.725. The number of fused-ring (bicyclic) bond motifs is 1. The Kier molecular flexibility index (Phi) is 3.14. The van der Waals surface area contributed by atoms with Crippen molar-refractivity contribution >= 4 is 12.4 Å². The van der Waals surface area contributed by atoms with Crippen molar-refractivity contribution < 1.29 is 9.50 Å². The van der Waals surface area contributed by atoms with Crippen molar-refractivity contribution in [2.45, 2.75) is 18.4 Å². The maximum Gasteiger partial charge on any atom is 0.126 e. The van der Waals surface area contributed by atoms with Crippen LogP contribution in [-0.4, -0.2) is 11.7 Å². The van der Waals surface area contributed by atoms with Gasteiger partial charge in [-0.2, -0.15) is 0 Å². The molecule has 0 aromatic heterocycles. The smallest absolute Gasteiger partial charge is 0.126 e. The SMILES string of the molecule is Cl.NC1(CO)CCc2c(F)cccc21.